The molecule has 0 radical (unpaired) electrons. The minimum Gasteiger partial charge on any atom is -0.275 e. The van der Waals surface area contributed by atoms with E-state index >= 15 is 0 Å². The standard InChI is InChI=1S/C10H10ClN3S/c1-14-6-9(5-12-14)15-7-8-3-2-4-10(11)13-8/h2-6H,7H2,1H3. The lowest BCUT2D eigenvalue weighted by Crippen LogP contribution is -1.86. The van der Waals surface area contributed by atoms with Crippen molar-refractivity contribution in [1.29, 1.82) is 0 Å². The Morgan fingerprint density at radius 1 is 1.47 bits per heavy atom. The van der Waals surface area contributed by atoms with Gasteiger partial charge in [-0.25, -0.2) is 4.98 Å². The number of thioether (sulfide) groups is 1. The highest BCUT2D eigenvalue weighted by molar-refractivity contribution is 7.98. The summed E-state index contributed by atoms with van der Waals surface area (Å²) in [4.78, 5) is 5.35. The van der Waals surface area contributed by atoms with Gasteiger partial charge < -0.3 is 0 Å². The van der Waals surface area contributed by atoms with Crippen LogP contribution in [0, 0.1) is 0 Å². The number of hydrogen-bond donors (Lipinski definition) is 0. The van der Waals surface area contributed by atoms with Crippen LogP contribution < -0.4 is 0 Å². The average Bonchev–Trinajstić information content (AvgIpc) is 2.62. The Bertz CT molecular complexity index is 455. The van der Waals surface area contributed by atoms with Crippen LogP contribution in [0.25, 0.3) is 0 Å². The summed E-state index contributed by atoms with van der Waals surface area (Å²) in [5.41, 5.74) is 0.983. The molecular weight excluding hydrogens is 230 g/mol. The van der Waals surface area contributed by atoms with Crippen molar-refractivity contribution in [1.82, 2.24) is 14.8 Å². The summed E-state index contributed by atoms with van der Waals surface area (Å²) >= 11 is 7.49. The summed E-state index contributed by atoms with van der Waals surface area (Å²) in [6.45, 7) is 0. The van der Waals surface area contributed by atoms with Crippen LogP contribution >= 0.6 is 23.4 Å². The Hall–Kier alpha value is -1.00. The van der Waals surface area contributed by atoms with Crippen molar-refractivity contribution in [3.63, 3.8) is 0 Å². The molecule has 15 heavy (non-hydrogen) atoms. The van der Waals surface area contributed by atoms with Gasteiger partial charge in [0, 0.05) is 23.9 Å². The summed E-state index contributed by atoms with van der Waals surface area (Å²) in [6, 6.07) is 5.66. The van der Waals surface area contributed by atoms with Crippen LogP contribution in [0.1, 0.15) is 5.69 Å². The van der Waals surface area contributed by atoms with Crippen molar-refractivity contribution >= 4 is 23.4 Å². The highest BCUT2D eigenvalue weighted by Crippen LogP contribution is 2.21. The van der Waals surface area contributed by atoms with Crippen molar-refractivity contribution in [2.45, 2.75) is 10.6 Å². The maximum Gasteiger partial charge on any atom is 0.129 e. The van der Waals surface area contributed by atoms with E-state index in [0.29, 0.717) is 5.15 Å². The molecule has 5 heteroatoms. The molecule has 0 aliphatic heterocycles. The topological polar surface area (TPSA) is 30.7 Å². The van der Waals surface area contributed by atoms with Gasteiger partial charge in [0.05, 0.1) is 11.9 Å². The molecule has 2 heterocycles. The fourth-order valence-corrected chi connectivity index (χ4v) is 2.17. The van der Waals surface area contributed by atoms with Crippen LogP contribution in [0.2, 0.25) is 5.15 Å². The van der Waals surface area contributed by atoms with E-state index in [9.17, 15) is 0 Å². The zero-order chi connectivity index (χ0) is 10.7. The SMILES string of the molecule is Cn1cc(SCc2cccc(Cl)n2)cn1. The zero-order valence-corrected chi connectivity index (χ0v) is 9.79. The van der Waals surface area contributed by atoms with Crippen LogP contribution in [0.4, 0.5) is 0 Å². The Kier molecular flexibility index (Phi) is 3.28. The first-order chi connectivity index (χ1) is 7.24. The van der Waals surface area contributed by atoms with Crippen LogP contribution in [-0.2, 0) is 12.8 Å². The fourth-order valence-electron chi connectivity index (χ4n) is 1.16. The smallest absolute Gasteiger partial charge is 0.129 e. The van der Waals surface area contributed by atoms with Crippen molar-refractivity contribution < 1.29 is 0 Å². The van der Waals surface area contributed by atoms with E-state index in [0.717, 1.165) is 16.3 Å². The predicted molar refractivity (Wildman–Crippen MR) is 62.0 cm³/mol. The summed E-state index contributed by atoms with van der Waals surface area (Å²) in [5, 5.41) is 4.64. The lowest BCUT2D eigenvalue weighted by atomic mass is 10.4. The largest absolute Gasteiger partial charge is 0.275 e. The minimum atomic E-state index is 0.541. The highest BCUT2D eigenvalue weighted by atomic mass is 35.5. The molecular formula is C10H10ClN3S. The van der Waals surface area contributed by atoms with Gasteiger partial charge in [0.15, 0.2) is 0 Å². The molecule has 0 spiro atoms. The number of aromatic nitrogens is 3. The normalized spacial score (nSPS) is 10.5. The maximum atomic E-state index is 5.79. The number of hydrogen-bond acceptors (Lipinski definition) is 3. The van der Waals surface area contributed by atoms with Gasteiger partial charge in [-0.3, -0.25) is 4.68 Å². The lowest BCUT2D eigenvalue weighted by Gasteiger charge is -1.98. The summed E-state index contributed by atoms with van der Waals surface area (Å²) in [6.07, 6.45) is 3.82. The van der Waals surface area contributed by atoms with Gasteiger partial charge in [0.25, 0.3) is 0 Å². The molecule has 0 atom stereocenters. The third-order valence-electron chi connectivity index (χ3n) is 1.84. The number of pyridine rings is 1. The van der Waals surface area contributed by atoms with E-state index in [1.54, 1.807) is 22.5 Å². The Balaban J connectivity index is 1.99. The van der Waals surface area contributed by atoms with E-state index in [-0.39, 0.29) is 0 Å². The minimum absolute atomic E-state index is 0.541. The van der Waals surface area contributed by atoms with Crippen molar-refractivity contribution in [3.8, 4) is 0 Å². The molecule has 2 rings (SSSR count). The molecule has 0 fully saturated rings. The van der Waals surface area contributed by atoms with Gasteiger partial charge in [0.1, 0.15) is 5.15 Å². The Morgan fingerprint density at radius 2 is 2.33 bits per heavy atom. The number of nitrogens with zero attached hydrogens (tertiary/aromatic N) is 3. The third kappa shape index (κ3) is 2.97. The molecule has 0 aliphatic rings. The zero-order valence-electron chi connectivity index (χ0n) is 8.22. The monoisotopic (exact) mass is 239 g/mol. The highest BCUT2D eigenvalue weighted by Gasteiger charge is 2.00. The summed E-state index contributed by atoms with van der Waals surface area (Å²) < 4.78 is 1.79. The van der Waals surface area contributed by atoms with Gasteiger partial charge in [-0.2, -0.15) is 5.10 Å². The number of aryl methyl sites for hydroxylation is 1. The van der Waals surface area contributed by atoms with E-state index in [1.165, 1.54) is 0 Å². The van der Waals surface area contributed by atoms with Crippen molar-refractivity contribution in [3.05, 3.63) is 41.4 Å². The molecule has 2 aromatic rings. The molecule has 0 amide bonds. The van der Waals surface area contributed by atoms with Crippen LogP contribution in [-0.4, -0.2) is 14.8 Å². The van der Waals surface area contributed by atoms with Crippen molar-refractivity contribution in [2.24, 2.45) is 7.05 Å². The van der Waals surface area contributed by atoms with Crippen LogP contribution in [0.3, 0.4) is 0 Å². The molecule has 0 unspecified atom stereocenters. The number of halogens is 1. The quantitative estimate of drug-likeness (QED) is 0.610. The Morgan fingerprint density at radius 3 is 3.00 bits per heavy atom. The van der Waals surface area contributed by atoms with Gasteiger partial charge in [-0.05, 0) is 12.1 Å². The molecule has 0 bridgehead atoms. The first-order valence-electron chi connectivity index (χ1n) is 4.47. The second-order valence-electron chi connectivity index (χ2n) is 3.09. The van der Waals surface area contributed by atoms with Crippen LogP contribution in [0.15, 0.2) is 35.5 Å². The first-order valence-corrected chi connectivity index (χ1v) is 5.83. The predicted octanol–water partition coefficient (Wildman–Crippen LogP) is 2.76. The molecule has 0 aromatic carbocycles. The second-order valence-corrected chi connectivity index (χ2v) is 4.53. The third-order valence-corrected chi connectivity index (χ3v) is 3.04. The maximum absolute atomic E-state index is 5.79. The molecule has 0 aliphatic carbocycles. The summed E-state index contributed by atoms with van der Waals surface area (Å²) in [7, 11) is 1.90. The summed E-state index contributed by atoms with van der Waals surface area (Å²) in [5.74, 6) is 0.812. The van der Waals surface area contributed by atoms with Gasteiger partial charge >= 0.3 is 0 Å². The van der Waals surface area contributed by atoms with E-state index in [2.05, 4.69) is 10.1 Å². The Labute approximate surface area is 97.5 Å². The van der Waals surface area contributed by atoms with Crippen molar-refractivity contribution in [2.75, 3.05) is 0 Å². The fraction of sp³-hybridized carbons (Fsp3) is 0.200. The van der Waals surface area contributed by atoms with Gasteiger partial charge in [-0.15, -0.1) is 11.8 Å². The number of rotatable bonds is 3. The average molecular weight is 240 g/mol. The second kappa shape index (κ2) is 4.68. The molecule has 0 saturated heterocycles. The first kappa shape index (κ1) is 10.5. The van der Waals surface area contributed by atoms with Gasteiger partial charge in [0.2, 0.25) is 0 Å². The van der Waals surface area contributed by atoms with E-state index in [1.807, 2.05) is 31.6 Å². The van der Waals surface area contributed by atoms with E-state index < -0.39 is 0 Å². The van der Waals surface area contributed by atoms with Gasteiger partial charge in [-0.1, -0.05) is 17.7 Å². The van der Waals surface area contributed by atoms with E-state index in [4.69, 9.17) is 11.6 Å². The van der Waals surface area contributed by atoms with Crippen LogP contribution in [0.5, 0.6) is 0 Å². The molecule has 3 nitrogen and oxygen atoms in total. The molecule has 2 aromatic heterocycles. The lowest BCUT2D eigenvalue weighted by molar-refractivity contribution is 0.766. The molecule has 0 N–H and O–H groups in total. The molecule has 0 saturated carbocycles. The molecule has 78 valence electrons.